The Balaban J connectivity index is 1.64. The number of rotatable bonds is 8. The summed E-state index contributed by atoms with van der Waals surface area (Å²) in [5, 5.41) is 3.38. The van der Waals surface area contributed by atoms with Gasteiger partial charge in [0.25, 0.3) is 0 Å². The lowest BCUT2D eigenvalue weighted by Crippen LogP contribution is -2.47. The third-order valence-electron chi connectivity index (χ3n) is 3.43. The van der Waals surface area contributed by atoms with Crippen LogP contribution in [0, 0.1) is 0 Å². The van der Waals surface area contributed by atoms with Crippen molar-refractivity contribution in [1.82, 2.24) is 16.2 Å². The minimum Gasteiger partial charge on any atom is -0.497 e. The summed E-state index contributed by atoms with van der Waals surface area (Å²) in [6, 6.07) is 15.3. The van der Waals surface area contributed by atoms with Crippen LogP contribution in [0.4, 0.5) is 0 Å². The van der Waals surface area contributed by atoms with Gasteiger partial charge in [0, 0.05) is 11.4 Å². The van der Waals surface area contributed by atoms with Crippen LogP contribution in [0.3, 0.4) is 0 Å². The molecule has 0 bridgehead atoms. The number of benzene rings is 2. The largest absolute Gasteiger partial charge is 0.497 e. The van der Waals surface area contributed by atoms with E-state index in [9.17, 15) is 4.79 Å². The number of carbonyl (C=O) groups excluding carboxylic acids is 1. The second-order valence-corrected chi connectivity index (χ2v) is 6.85. The van der Waals surface area contributed by atoms with Gasteiger partial charge in [-0.1, -0.05) is 12.1 Å². The molecule has 3 N–H and O–H groups in total. The molecule has 0 aliphatic carbocycles. The lowest BCUT2D eigenvalue weighted by Gasteiger charge is -2.12. The summed E-state index contributed by atoms with van der Waals surface area (Å²) in [6.45, 7) is 3.12. The molecule has 0 saturated carbocycles. The average molecular weight is 406 g/mol. The van der Waals surface area contributed by atoms with E-state index in [4.69, 9.17) is 21.7 Å². The molecule has 144 valence electrons. The van der Waals surface area contributed by atoms with Crippen molar-refractivity contribution in [2.24, 2.45) is 0 Å². The van der Waals surface area contributed by atoms with Crippen molar-refractivity contribution in [2.45, 2.75) is 18.4 Å². The van der Waals surface area contributed by atoms with Gasteiger partial charge >= 0.3 is 0 Å². The van der Waals surface area contributed by atoms with Gasteiger partial charge < -0.3 is 14.8 Å². The summed E-state index contributed by atoms with van der Waals surface area (Å²) in [5.74, 6) is 1.74. The van der Waals surface area contributed by atoms with Crippen molar-refractivity contribution >= 4 is 35.0 Å². The molecule has 6 nitrogen and oxygen atoms in total. The maximum absolute atomic E-state index is 11.9. The van der Waals surface area contributed by atoms with E-state index in [-0.39, 0.29) is 11.7 Å². The third-order valence-corrected chi connectivity index (χ3v) is 4.69. The number of ether oxygens (including phenoxy) is 2. The maximum Gasteiger partial charge on any atom is 0.248 e. The molecule has 0 radical (unpaired) electrons. The van der Waals surface area contributed by atoms with E-state index >= 15 is 0 Å². The zero-order chi connectivity index (χ0) is 19.5. The van der Waals surface area contributed by atoms with Gasteiger partial charge in [0.15, 0.2) is 5.11 Å². The molecule has 0 unspecified atom stereocenters. The summed E-state index contributed by atoms with van der Waals surface area (Å²) in [5.41, 5.74) is 6.33. The Kier molecular flexibility index (Phi) is 8.73. The number of hydrogen-bond acceptors (Lipinski definition) is 5. The van der Waals surface area contributed by atoms with Crippen LogP contribution >= 0.6 is 24.0 Å². The standard InChI is InChI=1S/C19H23N3O3S2/c1-3-25-16-8-10-17(11-9-16)27-13-18(23)21-22-19(26)20-12-14-4-6-15(24-2)7-5-14/h4-11H,3,12-13H2,1-2H3,(H,21,23)(H2,20,22,26). The van der Waals surface area contributed by atoms with Crippen molar-refractivity contribution < 1.29 is 14.3 Å². The van der Waals surface area contributed by atoms with Gasteiger partial charge in [-0.3, -0.25) is 15.6 Å². The molecule has 27 heavy (non-hydrogen) atoms. The Hall–Kier alpha value is -2.45. The van der Waals surface area contributed by atoms with Gasteiger partial charge in [0.1, 0.15) is 11.5 Å². The molecular weight excluding hydrogens is 382 g/mol. The zero-order valence-corrected chi connectivity index (χ0v) is 16.9. The van der Waals surface area contributed by atoms with Crippen LogP contribution in [-0.4, -0.2) is 30.5 Å². The fourth-order valence-electron chi connectivity index (χ4n) is 2.08. The van der Waals surface area contributed by atoms with Crippen LogP contribution in [0.2, 0.25) is 0 Å². The molecule has 0 heterocycles. The third kappa shape index (κ3) is 7.76. The number of thioether (sulfide) groups is 1. The summed E-state index contributed by atoms with van der Waals surface area (Å²) in [4.78, 5) is 12.9. The highest BCUT2D eigenvalue weighted by Gasteiger charge is 2.04. The van der Waals surface area contributed by atoms with E-state index < -0.39 is 0 Å². The predicted molar refractivity (Wildman–Crippen MR) is 112 cm³/mol. The molecule has 2 aromatic carbocycles. The number of methoxy groups -OCH3 is 1. The molecule has 0 aliphatic rings. The van der Waals surface area contributed by atoms with Crippen molar-refractivity contribution in [1.29, 1.82) is 0 Å². The fourth-order valence-corrected chi connectivity index (χ4v) is 2.90. The second-order valence-electron chi connectivity index (χ2n) is 5.40. The number of thiocarbonyl (C=S) groups is 1. The molecule has 8 heteroatoms. The average Bonchev–Trinajstić information content (AvgIpc) is 2.70. The highest BCUT2D eigenvalue weighted by molar-refractivity contribution is 8.00. The van der Waals surface area contributed by atoms with E-state index in [1.165, 1.54) is 11.8 Å². The van der Waals surface area contributed by atoms with Crippen molar-refractivity contribution in [2.75, 3.05) is 19.5 Å². The fraction of sp³-hybridized carbons (Fsp3) is 0.263. The van der Waals surface area contributed by atoms with Gasteiger partial charge in [-0.15, -0.1) is 11.8 Å². The first kappa shape index (κ1) is 20.9. The number of amides is 1. The second kappa shape index (κ2) is 11.3. The van der Waals surface area contributed by atoms with Crippen molar-refractivity contribution in [3.63, 3.8) is 0 Å². The van der Waals surface area contributed by atoms with Crippen LogP contribution in [0.5, 0.6) is 11.5 Å². The molecule has 1 amide bonds. The first-order valence-corrected chi connectivity index (χ1v) is 9.81. The van der Waals surface area contributed by atoms with E-state index in [0.717, 1.165) is 22.0 Å². The SMILES string of the molecule is CCOc1ccc(SCC(=O)NNC(=S)NCc2ccc(OC)cc2)cc1. The van der Waals surface area contributed by atoms with Crippen LogP contribution in [0.25, 0.3) is 0 Å². The molecule has 0 saturated heterocycles. The first-order valence-electron chi connectivity index (χ1n) is 8.42. The Morgan fingerprint density at radius 1 is 1.04 bits per heavy atom. The molecule has 0 aliphatic heterocycles. The normalized spacial score (nSPS) is 10.0. The minimum atomic E-state index is -0.164. The van der Waals surface area contributed by atoms with E-state index in [0.29, 0.717) is 18.3 Å². The highest BCUT2D eigenvalue weighted by atomic mass is 32.2. The minimum absolute atomic E-state index is 0.164. The number of nitrogens with one attached hydrogen (secondary N) is 3. The van der Waals surface area contributed by atoms with E-state index in [1.54, 1.807) is 7.11 Å². The lowest BCUT2D eigenvalue weighted by molar-refractivity contribution is -0.119. The number of hydrazine groups is 1. The number of carbonyl (C=O) groups is 1. The summed E-state index contributed by atoms with van der Waals surface area (Å²) in [6.07, 6.45) is 0. The van der Waals surface area contributed by atoms with Crippen molar-refractivity contribution in [3.8, 4) is 11.5 Å². The molecule has 2 aromatic rings. The van der Waals surface area contributed by atoms with Gasteiger partial charge in [-0.05, 0) is 61.1 Å². The van der Waals surface area contributed by atoms with Crippen LogP contribution in [-0.2, 0) is 11.3 Å². The van der Waals surface area contributed by atoms with E-state index in [1.807, 2.05) is 55.5 Å². The molecule has 0 spiro atoms. The Labute approximate surface area is 169 Å². The highest BCUT2D eigenvalue weighted by Crippen LogP contribution is 2.21. The van der Waals surface area contributed by atoms with Gasteiger partial charge in [-0.25, -0.2) is 0 Å². The summed E-state index contributed by atoms with van der Waals surface area (Å²) < 4.78 is 10.5. The van der Waals surface area contributed by atoms with Gasteiger partial charge in [-0.2, -0.15) is 0 Å². The Bertz CT molecular complexity index is 737. The number of hydrogen-bond donors (Lipinski definition) is 3. The Morgan fingerprint density at radius 3 is 2.33 bits per heavy atom. The molecular formula is C19H23N3O3S2. The van der Waals surface area contributed by atoms with Gasteiger partial charge in [0.2, 0.25) is 5.91 Å². The van der Waals surface area contributed by atoms with Gasteiger partial charge in [0.05, 0.1) is 19.5 Å². The summed E-state index contributed by atoms with van der Waals surface area (Å²) in [7, 11) is 1.63. The maximum atomic E-state index is 11.9. The first-order chi connectivity index (χ1) is 13.1. The quantitative estimate of drug-likeness (QED) is 0.354. The van der Waals surface area contributed by atoms with Crippen molar-refractivity contribution in [3.05, 3.63) is 54.1 Å². The van der Waals surface area contributed by atoms with E-state index in [2.05, 4.69) is 16.2 Å². The molecule has 0 fully saturated rings. The lowest BCUT2D eigenvalue weighted by atomic mass is 10.2. The molecule has 0 aromatic heterocycles. The van der Waals surface area contributed by atoms with Crippen LogP contribution in [0.1, 0.15) is 12.5 Å². The van der Waals surface area contributed by atoms with Crippen LogP contribution < -0.4 is 25.6 Å². The predicted octanol–water partition coefficient (Wildman–Crippen LogP) is 2.88. The molecule has 2 rings (SSSR count). The Morgan fingerprint density at radius 2 is 1.70 bits per heavy atom. The topological polar surface area (TPSA) is 71.6 Å². The monoisotopic (exact) mass is 405 g/mol. The smallest absolute Gasteiger partial charge is 0.248 e. The summed E-state index contributed by atoms with van der Waals surface area (Å²) >= 11 is 6.59. The van der Waals surface area contributed by atoms with Crippen LogP contribution in [0.15, 0.2) is 53.4 Å². The zero-order valence-electron chi connectivity index (χ0n) is 15.3. The molecule has 0 atom stereocenters.